The SMILES string of the molecule is Cc1cc(-c2ccc3c(=O)c(C(=O)O)cn(C4CC4)c3n2)cc(C)n1. The number of aromatic carboxylic acids is 1. The molecule has 0 bridgehead atoms. The normalized spacial score (nSPS) is 14.0. The van der Waals surface area contributed by atoms with E-state index in [1.54, 1.807) is 12.1 Å². The molecule has 1 aliphatic carbocycles. The molecule has 0 unspecified atom stereocenters. The number of pyridine rings is 3. The van der Waals surface area contributed by atoms with Crippen LogP contribution in [0.2, 0.25) is 0 Å². The molecular weight excluding hydrogens is 318 g/mol. The van der Waals surface area contributed by atoms with Crippen LogP contribution < -0.4 is 5.43 Å². The number of nitrogens with zero attached hydrogens (tertiary/aromatic N) is 3. The zero-order valence-corrected chi connectivity index (χ0v) is 14.0. The molecule has 0 amide bonds. The third-order valence-electron chi connectivity index (χ3n) is 4.43. The van der Waals surface area contributed by atoms with Crippen LogP contribution in [0.25, 0.3) is 22.3 Å². The molecule has 126 valence electrons. The number of hydrogen-bond acceptors (Lipinski definition) is 4. The maximum absolute atomic E-state index is 12.5. The second-order valence-electron chi connectivity index (χ2n) is 6.52. The Labute approximate surface area is 143 Å². The fourth-order valence-corrected chi connectivity index (χ4v) is 3.15. The van der Waals surface area contributed by atoms with Crippen molar-refractivity contribution >= 4 is 17.0 Å². The van der Waals surface area contributed by atoms with Crippen molar-refractivity contribution in [3.05, 3.63) is 57.6 Å². The third-order valence-corrected chi connectivity index (χ3v) is 4.43. The van der Waals surface area contributed by atoms with Crippen LogP contribution in [0.4, 0.5) is 0 Å². The Kier molecular flexibility index (Phi) is 3.42. The molecule has 0 spiro atoms. The zero-order chi connectivity index (χ0) is 17.7. The van der Waals surface area contributed by atoms with Gasteiger partial charge in [-0.1, -0.05) is 0 Å². The number of aryl methyl sites for hydroxylation is 2. The molecular formula is C19H17N3O3. The lowest BCUT2D eigenvalue weighted by Gasteiger charge is -2.12. The molecule has 3 aromatic rings. The highest BCUT2D eigenvalue weighted by Gasteiger charge is 2.27. The van der Waals surface area contributed by atoms with Gasteiger partial charge in [0.15, 0.2) is 0 Å². The van der Waals surface area contributed by atoms with Gasteiger partial charge in [-0.2, -0.15) is 0 Å². The molecule has 0 atom stereocenters. The lowest BCUT2D eigenvalue weighted by atomic mass is 10.1. The largest absolute Gasteiger partial charge is 0.477 e. The van der Waals surface area contributed by atoms with E-state index < -0.39 is 11.4 Å². The van der Waals surface area contributed by atoms with Gasteiger partial charge in [0.05, 0.1) is 11.1 Å². The van der Waals surface area contributed by atoms with Gasteiger partial charge in [-0.05, 0) is 51.0 Å². The number of carbonyl (C=O) groups is 1. The van der Waals surface area contributed by atoms with E-state index in [-0.39, 0.29) is 11.6 Å². The topological polar surface area (TPSA) is 85.1 Å². The number of carboxylic acid groups (broad SMARTS) is 1. The summed E-state index contributed by atoms with van der Waals surface area (Å²) < 4.78 is 1.84. The van der Waals surface area contributed by atoms with Crippen molar-refractivity contribution in [2.45, 2.75) is 32.7 Å². The minimum absolute atomic E-state index is 0.204. The van der Waals surface area contributed by atoms with E-state index in [1.165, 1.54) is 6.20 Å². The number of fused-ring (bicyclic) bond motifs is 1. The van der Waals surface area contributed by atoms with Crippen molar-refractivity contribution in [3.8, 4) is 11.3 Å². The molecule has 6 nitrogen and oxygen atoms in total. The van der Waals surface area contributed by atoms with Crippen LogP contribution in [-0.4, -0.2) is 25.6 Å². The Hall–Kier alpha value is -3.02. The molecule has 0 saturated heterocycles. The second kappa shape index (κ2) is 5.51. The molecule has 1 aliphatic rings. The summed E-state index contributed by atoms with van der Waals surface area (Å²) in [6.45, 7) is 3.85. The smallest absolute Gasteiger partial charge is 0.341 e. The Morgan fingerprint density at radius 1 is 1.16 bits per heavy atom. The summed E-state index contributed by atoms with van der Waals surface area (Å²) in [7, 11) is 0. The summed E-state index contributed by atoms with van der Waals surface area (Å²) in [4.78, 5) is 32.9. The lowest BCUT2D eigenvalue weighted by molar-refractivity contribution is 0.0695. The molecule has 0 aromatic carbocycles. The van der Waals surface area contributed by atoms with E-state index >= 15 is 0 Å². The third kappa shape index (κ3) is 2.69. The van der Waals surface area contributed by atoms with Gasteiger partial charge in [0.2, 0.25) is 5.43 Å². The first-order chi connectivity index (χ1) is 11.9. The fraction of sp³-hybridized carbons (Fsp3) is 0.263. The summed E-state index contributed by atoms with van der Waals surface area (Å²) in [6, 6.07) is 7.56. The van der Waals surface area contributed by atoms with Crippen LogP contribution in [-0.2, 0) is 0 Å². The minimum Gasteiger partial charge on any atom is -0.477 e. The Bertz CT molecular complexity index is 1060. The molecule has 0 radical (unpaired) electrons. The van der Waals surface area contributed by atoms with E-state index in [1.807, 2.05) is 30.5 Å². The first-order valence-electron chi connectivity index (χ1n) is 8.19. The summed E-state index contributed by atoms with van der Waals surface area (Å²) >= 11 is 0. The molecule has 1 saturated carbocycles. The molecule has 3 heterocycles. The van der Waals surface area contributed by atoms with Crippen molar-refractivity contribution in [2.75, 3.05) is 0 Å². The van der Waals surface area contributed by atoms with E-state index in [0.717, 1.165) is 35.5 Å². The average molecular weight is 335 g/mol. The van der Waals surface area contributed by atoms with Gasteiger partial charge >= 0.3 is 5.97 Å². The van der Waals surface area contributed by atoms with Gasteiger partial charge in [-0.25, -0.2) is 9.78 Å². The van der Waals surface area contributed by atoms with Gasteiger partial charge in [0.1, 0.15) is 11.2 Å². The molecule has 3 aromatic heterocycles. The average Bonchev–Trinajstić information content (AvgIpc) is 3.38. The number of hydrogen-bond donors (Lipinski definition) is 1. The monoisotopic (exact) mass is 335 g/mol. The number of rotatable bonds is 3. The molecule has 1 N–H and O–H groups in total. The number of carboxylic acids is 1. The van der Waals surface area contributed by atoms with Crippen LogP contribution in [0.3, 0.4) is 0 Å². The minimum atomic E-state index is -1.20. The van der Waals surface area contributed by atoms with Crippen LogP contribution in [0.15, 0.2) is 35.3 Å². The van der Waals surface area contributed by atoms with Gasteiger partial charge in [0.25, 0.3) is 0 Å². The molecule has 0 aliphatic heterocycles. The van der Waals surface area contributed by atoms with Crippen LogP contribution in [0, 0.1) is 13.8 Å². The zero-order valence-electron chi connectivity index (χ0n) is 14.0. The van der Waals surface area contributed by atoms with Crippen molar-refractivity contribution < 1.29 is 9.90 Å². The van der Waals surface area contributed by atoms with Crippen molar-refractivity contribution in [2.24, 2.45) is 0 Å². The van der Waals surface area contributed by atoms with E-state index in [0.29, 0.717) is 11.0 Å². The van der Waals surface area contributed by atoms with Crippen LogP contribution >= 0.6 is 0 Å². The van der Waals surface area contributed by atoms with E-state index in [2.05, 4.69) is 4.98 Å². The Balaban J connectivity index is 1.99. The van der Waals surface area contributed by atoms with Crippen LogP contribution in [0.1, 0.15) is 40.6 Å². The quantitative estimate of drug-likeness (QED) is 0.795. The fourth-order valence-electron chi connectivity index (χ4n) is 3.15. The van der Waals surface area contributed by atoms with Gasteiger partial charge < -0.3 is 9.67 Å². The second-order valence-corrected chi connectivity index (χ2v) is 6.52. The summed E-state index contributed by atoms with van der Waals surface area (Å²) in [5.41, 5.74) is 3.34. The highest BCUT2D eigenvalue weighted by atomic mass is 16.4. The van der Waals surface area contributed by atoms with Crippen molar-refractivity contribution in [1.82, 2.24) is 14.5 Å². The summed E-state index contributed by atoms with van der Waals surface area (Å²) in [5.74, 6) is -1.20. The van der Waals surface area contributed by atoms with Crippen molar-refractivity contribution in [3.63, 3.8) is 0 Å². The van der Waals surface area contributed by atoms with Gasteiger partial charge in [-0.3, -0.25) is 9.78 Å². The first-order valence-corrected chi connectivity index (χ1v) is 8.19. The Morgan fingerprint density at radius 2 is 1.84 bits per heavy atom. The van der Waals surface area contributed by atoms with E-state index in [9.17, 15) is 14.7 Å². The molecule has 6 heteroatoms. The highest BCUT2D eigenvalue weighted by molar-refractivity contribution is 5.92. The molecule has 1 fully saturated rings. The van der Waals surface area contributed by atoms with E-state index in [4.69, 9.17) is 4.98 Å². The molecule has 25 heavy (non-hydrogen) atoms. The van der Waals surface area contributed by atoms with Crippen molar-refractivity contribution in [1.29, 1.82) is 0 Å². The highest BCUT2D eigenvalue weighted by Crippen LogP contribution is 2.37. The Morgan fingerprint density at radius 3 is 2.44 bits per heavy atom. The first kappa shape index (κ1) is 15.5. The summed E-state index contributed by atoms with van der Waals surface area (Å²) in [5, 5.41) is 9.65. The van der Waals surface area contributed by atoms with Gasteiger partial charge in [0, 0.05) is 29.2 Å². The predicted octanol–water partition coefficient (Wildman–Crippen LogP) is 3.11. The maximum Gasteiger partial charge on any atom is 0.341 e. The van der Waals surface area contributed by atoms with Gasteiger partial charge in [-0.15, -0.1) is 0 Å². The summed E-state index contributed by atoms with van der Waals surface area (Å²) in [6.07, 6.45) is 3.37. The number of aromatic nitrogens is 3. The van der Waals surface area contributed by atoms with Crippen LogP contribution in [0.5, 0.6) is 0 Å². The maximum atomic E-state index is 12.5. The molecule has 4 rings (SSSR count). The lowest BCUT2D eigenvalue weighted by Crippen LogP contribution is -2.19. The predicted molar refractivity (Wildman–Crippen MR) is 93.9 cm³/mol. The standard InChI is InChI=1S/C19H17N3O3/c1-10-7-12(8-11(2)20-10)16-6-5-14-17(23)15(19(24)25)9-22(13-3-4-13)18(14)21-16/h5-9,13H,3-4H2,1-2H3,(H,24,25).